The van der Waals surface area contributed by atoms with Gasteiger partial charge in [0.05, 0.1) is 6.04 Å². The number of aromatic nitrogens is 12. The van der Waals surface area contributed by atoms with Crippen molar-refractivity contribution >= 4 is 11.9 Å². The number of H-pyrrole nitrogens is 1. The van der Waals surface area contributed by atoms with Gasteiger partial charge in [0.1, 0.15) is 0 Å². The Hall–Kier alpha value is -2.65. The standard InChI is InChI=1S/C5H9N5.2C5H7N5.2C2H4O2.2Pd/c3*1-2-4(6-3-1)5-7-9-10-8-5;2*1-2(3)4;;/h4,6H,1-3H2,(H,7,8,9,10);2*4H,1-3H2;2*1H3,(H,3,4);;/q;2*-2;;;;+2/t3*4-;;;;/m111..../s1. The van der Waals surface area contributed by atoms with Crippen molar-refractivity contribution in [3.05, 3.63) is 28.1 Å². The maximum absolute atomic E-state index is 9.00. The average Bonchev–Trinajstić information content (AvgIpc) is 3.74. The second kappa shape index (κ2) is 22.1. The molecular weight excluding hydrogens is 715 g/mol. The molecule has 40 heavy (non-hydrogen) atoms. The summed E-state index contributed by atoms with van der Waals surface area (Å²) in [6, 6.07) is 0.684. The number of nitrogens with zero attached hydrogens (tertiary/aromatic N) is 13. The third kappa shape index (κ3) is 15.8. The second-order valence-corrected chi connectivity index (χ2v) is 8.06. The van der Waals surface area contributed by atoms with Crippen LogP contribution in [0, 0.1) is 0 Å². The van der Waals surface area contributed by atoms with E-state index in [0.717, 1.165) is 71.4 Å². The minimum Gasteiger partial charge on any atom is -0.655 e. The number of aliphatic carboxylic acids is 2. The van der Waals surface area contributed by atoms with Gasteiger partial charge in [-0.1, -0.05) is 30.9 Å². The molecule has 0 radical (unpaired) electrons. The summed E-state index contributed by atoms with van der Waals surface area (Å²) in [5.41, 5.74) is 0. The van der Waals surface area contributed by atoms with Crippen LogP contribution in [0.1, 0.15) is 88.0 Å². The van der Waals surface area contributed by atoms with Gasteiger partial charge in [-0.3, -0.25) is 30.2 Å². The van der Waals surface area contributed by atoms with Crippen LogP contribution in [-0.2, 0) is 50.4 Å². The van der Waals surface area contributed by atoms with Crippen LogP contribution in [0.5, 0.6) is 0 Å². The Morgan fingerprint density at radius 3 is 1.62 bits per heavy atom. The summed E-state index contributed by atoms with van der Waals surface area (Å²) in [6.07, 6.45) is 6.71. The predicted octanol–water partition coefficient (Wildman–Crippen LogP) is -0.124. The number of carbonyl (C=O) groups is 2. The SMILES string of the molecule is C1CN[C@@H](c2nn[nH]n2)C1.C1C[N-][C@@H](c2nnn[n-]2)C1.C1C[N-][C@@H](c2nnn[n-]2)C1.CC(=O)O.CC(=O)O.[Pd+2].[Pd]. The van der Waals surface area contributed by atoms with Gasteiger partial charge in [0, 0.05) is 34.3 Å². The predicted molar refractivity (Wildman–Crippen MR) is 127 cm³/mol. The summed E-state index contributed by atoms with van der Waals surface area (Å²) < 4.78 is 0. The van der Waals surface area contributed by atoms with E-state index in [2.05, 4.69) is 77.8 Å². The summed E-state index contributed by atoms with van der Waals surface area (Å²) in [6.45, 7) is 5.09. The third-order valence-electron chi connectivity index (χ3n) is 4.97. The van der Waals surface area contributed by atoms with Gasteiger partial charge in [-0.15, -0.1) is 35.4 Å². The van der Waals surface area contributed by atoms with Crippen molar-refractivity contribution in [3.63, 3.8) is 0 Å². The molecule has 0 unspecified atom stereocenters. The minimum absolute atomic E-state index is 0. The first-order valence-electron chi connectivity index (χ1n) is 11.9. The zero-order valence-electron chi connectivity index (χ0n) is 21.8. The number of tetrazole rings is 3. The van der Waals surface area contributed by atoms with Crippen molar-refractivity contribution in [3.8, 4) is 0 Å². The molecule has 0 spiro atoms. The van der Waals surface area contributed by atoms with Crippen molar-refractivity contribution in [2.24, 2.45) is 0 Å². The van der Waals surface area contributed by atoms with Gasteiger partial charge in [0.25, 0.3) is 11.9 Å². The van der Waals surface area contributed by atoms with E-state index in [9.17, 15) is 0 Å². The van der Waals surface area contributed by atoms with Crippen LogP contribution in [0.2, 0.25) is 0 Å². The summed E-state index contributed by atoms with van der Waals surface area (Å²) in [7, 11) is 0. The molecular formula is C19H31N15O4Pd2-2. The second-order valence-electron chi connectivity index (χ2n) is 8.06. The van der Waals surface area contributed by atoms with Crippen LogP contribution in [0.15, 0.2) is 0 Å². The topological polar surface area (TPSA) is 275 Å². The fraction of sp³-hybridized carbons (Fsp3) is 0.737. The number of aromatic amines is 1. The maximum Gasteiger partial charge on any atom is 2.00 e. The van der Waals surface area contributed by atoms with E-state index in [1.165, 1.54) is 6.42 Å². The molecule has 0 aliphatic carbocycles. The Morgan fingerprint density at radius 1 is 0.825 bits per heavy atom. The van der Waals surface area contributed by atoms with Crippen LogP contribution in [0.3, 0.4) is 0 Å². The number of carboxylic acid groups (broad SMARTS) is 2. The van der Waals surface area contributed by atoms with Crippen LogP contribution in [0.25, 0.3) is 10.6 Å². The number of carboxylic acids is 2. The van der Waals surface area contributed by atoms with Gasteiger partial charge in [-0.25, -0.2) is 0 Å². The molecule has 3 aliphatic rings. The summed E-state index contributed by atoms with van der Waals surface area (Å²) in [5.74, 6) is 0.479. The van der Waals surface area contributed by atoms with Gasteiger partial charge in [-0.05, 0) is 31.0 Å². The fourth-order valence-electron chi connectivity index (χ4n) is 3.46. The van der Waals surface area contributed by atoms with Gasteiger partial charge in [0.2, 0.25) is 0 Å². The van der Waals surface area contributed by atoms with Gasteiger partial charge in [-0.2, -0.15) is 15.6 Å². The van der Waals surface area contributed by atoms with Crippen LogP contribution in [-0.4, -0.2) is 93.5 Å². The number of nitrogens with one attached hydrogen (secondary N) is 2. The first-order chi connectivity index (χ1) is 18.4. The molecule has 0 saturated carbocycles. The number of rotatable bonds is 3. The molecule has 3 aromatic rings. The molecule has 3 aromatic heterocycles. The molecule has 0 aromatic carbocycles. The fourth-order valence-corrected chi connectivity index (χ4v) is 3.46. The van der Waals surface area contributed by atoms with E-state index in [0.29, 0.717) is 17.7 Å². The first-order valence-corrected chi connectivity index (χ1v) is 11.9. The van der Waals surface area contributed by atoms with Gasteiger partial charge < -0.3 is 36.4 Å². The van der Waals surface area contributed by atoms with E-state index >= 15 is 0 Å². The maximum atomic E-state index is 9.00. The molecule has 21 heteroatoms. The molecule has 3 aliphatic heterocycles. The van der Waals surface area contributed by atoms with Gasteiger partial charge >= 0.3 is 20.4 Å². The minimum atomic E-state index is -0.833. The quantitative estimate of drug-likeness (QED) is 0.254. The Bertz CT molecular complexity index is 863. The third-order valence-corrected chi connectivity index (χ3v) is 4.97. The van der Waals surface area contributed by atoms with Crippen molar-refractivity contribution in [2.45, 2.75) is 70.5 Å². The Balaban J connectivity index is 0.000000494. The summed E-state index contributed by atoms with van der Waals surface area (Å²) in [5, 5.41) is 68.9. The zero-order valence-corrected chi connectivity index (χ0v) is 24.9. The van der Waals surface area contributed by atoms with E-state index in [4.69, 9.17) is 19.8 Å². The van der Waals surface area contributed by atoms with Crippen LogP contribution in [0.4, 0.5) is 0 Å². The monoisotopic (exact) mass is 745 g/mol. The Morgan fingerprint density at radius 2 is 1.32 bits per heavy atom. The van der Waals surface area contributed by atoms with Gasteiger partial charge in [0.15, 0.2) is 5.82 Å². The normalized spacial score (nSPS) is 20.3. The van der Waals surface area contributed by atoms with Crippen molar-refractivity contribution < 1.29 is 60.6 Å². The van der Waals surface area contributed by atoms with E-state index < -0.39 is 11.9 Å². The van der Waals surface area contributed by atoms with Crippen molar-refractivity contribution in [1.29, 1.82) is 0 Å². The molecule has 3 atom stereocenters. The molecule has 3 saturated heterocycles. The van der Waals surface area contributed by atoms with Crippen LogP contribution < -0.4 is 15.5 Å². The number of hydrogen-bond acceptors (Lipinski definition) is 12. The smallest absolute Gasteiger partial charge is 0.655 e. The Labute approximate surface area is 257 Å². The molecule has 6 rings (SSSR count). The molecule has 6 heterocycles. The van der Waals surface area contributed by atoms with E-state index in [1.807, 2.05) is 0 Å². The summed E-state index contributed by atoms with van der Waals surface area (Å²) >= 11 is 0. The van der Waals surface area contributed by atoms with Crippen LogP contribution >= 0.6 is 0 Å². The van der Waals surface area contributed by atoms with Crippen molar-refractivity contribution in [2.75, 3.05) is 19.6 Å². The summed E-state index contributed by atoms with van der Waals surface area (Å²) in [4.78, 5) is 18.0. The van der Waals surface area contributed by atoms with E-state index in [1.54, 1.807) is 0 Å². The Kier molecular flexibility index (Phi) is 20.6. The largest absolute Gasteiger partial charge is 2.00 e. The molecule has 0 amide bonds. The number of hydrogen-bond donors (Lipinski definition) is 4. The molecule has 228 valence electrons. The molecule has 3 fully saturated rings. The average molecular weight is 746 g/mol. The van der Waals surface area contributed by atoms with Crippen molar-refractivity contribution in [1.82, 2.24) is 67.2 Å². The first kappa shape index (κ1) is 37.4. The van der Waals surface area contributed by atoms with E-state index in [-0.39, 0.29) is 52.9 Å². The zero-order chi connectivity index (χ0) is 27.6. The molecule has 0 bridgehead atoms. The molecule has 4 N–H and O–H groups in total. The molecule has 19 nitrogen and oxygen atoms in total.